The summed E-state index contributed by atoms with van der Waals surface area (Å²) in [5.41, 5.74) is 5.53. The van der Waals surface area contributed by atoms with E-state index >= 15 is 0 Å². The maximum Gasteiger partial charge on any atom is 0.405 e. The molecule has 0 aliphatic carbocycles. The average molecular weight is 388 g/mol. The van der Waals surface area contributed by atoms with Crippen LogP contribution in [-0.4, -0.2) is 50.5 Å². The van der Waals surface area contributed by atoms with E-state index in [9.17, 15) is 26.4 Å². The van der Waals surface area contributed by atoms with Crippen molar-refractivity contribution in [3.63, 3.8) is 0 Å². The molecule has 1 saturated heterocycles. The summed E-state index contributed by atoms with van der Waals surface area (Å²) in [5, 5.41) is 1.70. The van der Waals surface area contributed by atoms with E-state index in [1.54, 1.807) is 5.32 Å². The Morgan fingerprint density at radius 1 is 1.38 bits per heavy atom. The number of alkyl halides is 3. The first kappa shape index (κ1) is 20.7. The lowest BCUT2D eigenvalue weighted by Crippen LogP contribution is -2.34. The number of benzene rings is 1. The van der Waals surface area contributed by atoms with Crippen molar-refractivity contribution >= 4 is 28.3 Å². The smallest absolute Gasteiger partial charge is 0.343 e. The van der Waals surface area contributed by atoms with Crippen molar-refractivity contribution in [1.29, 1.82) is 0 Å². The van der Waals surface area contributed by atoms with Gasteiger partial charge in [-0.25, -0.2) is 8.42 Å². The van der Waals surface area contributed by atoms with Crippen LogP contribution in [0, 0.1) is 0 Å². The molecule has 0 spiro atoms. The average Bonchev–Trinajstić information content (AvgIpc) is 2.91. The van der Waals surface area contributed by atoms with E-state index < -0.39 is 28.7 Å². The van der Waals surface area contributed by atoms with E-state index in [2.05, 4.69) is 0 Å². The molecule has 0 bridgehead atoms. The summed E-state index contributed by atoms with van der Waals surface area (Å²) in [7, 11) is -3.82. The number of halogens is 4. The molecule has 1 heterocycles. The standard InChI is InChI=1S/C13H16F3N3O3S.ClH/c14-13(15,16)8-18-12(20)9-2-1-3-11(6-9)23(21,22)19-5-4-10(17)7-19;/h1-3,6,10H,4-5,7-8,17H2,(H,18,20);1H/t10-;/m1./s1. The van der Waals surface area contributed by atoms with Gasteiger partial charge in [-0.1, -0.05) is 6.07 Å². The molecular weight excluding hydrogens is 371 g/mol. The van der Waals surface area contributed by atoms with Gasteiger partial charge in [0.15, 0.2) is 0 Å². The molecule has 1 fully saturated rings. The fourth-order valence-corrected chi connectivity index (χ4v) is 3.76. The van der Waals surface area contributed by atoms with E-state index in [-0.39, 0.29) is 42.0 Å². The molecule has 1 aliphatic rings. The summed E-state index contributed by atoms with van der Waals surface area (Å²) >= 11 is 0. The van der Waals surface area contributed by atoms with E-state index in [0.29, 0.717) is 6.42 Å². The summed E-state index contributed by atoms with van der Waals surface area (Å²) in [5.74, 6) is -0.988. The van der Waals surface area contributed by atoms with Crippen LogP contribution in [-0.2, 0) is 10.0 Å². The predicted octanol–water partition coefficient (Wildman–Crippen LogP) is 1.12. The second-order valence-electron chi connectivity index (χ2n) is 5.24. The van der Waals surface area contributed by atoms with Crippen LogP contribution < -0.4 is 11.1 Å². The van der Waals surface area contributed by atoms with Gasteiger partial charge in [-0.15, -0.1) is 12.4 Å². The fraction of sp³-hybridized carbons (Fsp3) is 0.462. The highest BCUT2D eigenvalue weighted by Gasteiger charge is 2.32. The van der Waals surface area contributed by atoms with Gasteiger partial charge in [0.2, 0.25) is 10.0 Å². The highest BCUT2D eigenvalue weighted by atomic mass is 35.5. The summed E-state index contributed by atoms with van der Waals surface area (Å²) < 4.78 is 62.4. The summed E-state index contributed by atoms with van der Waals surface area (Å²) in [6.45, 7) is -1.04. The molecule has 11 heteroatoms. The Balaban J connectivity index is 0.00000288. The van der Waals surface area contributed by atoms with Crippen LogP contribution in [0.2, 0.25) is 0 Å². The van der Waals surface area contributed by atoms with Crippen molar-refractivity contribution < 1.29 is 26.4 Å². The second-order valence-corrected chi connectivity index (χ2v) is 7.18. The molecule has 1 amide bonds. The number of nitrogens with zero attached hydrogens (tertiary/aromatic N) is 1. The van der Waals surface area contributed by atoms with Gasteiger partial charge in [-0.3, -0.25) is 4.79 Å². The Labute approximate surface area is 143 Å². The molecule has 0 unspecified atom stereocenters. The minimum atomic E-state index is -4.54. The van der Waals surface area contributed by atoms with Crippen molar-refractivity contribution in [2.75, 3.05) is 19.6 Å². The van der Waals surface area contributed by atoms with Crippen LogP contribution in [0.1, 0.15) is 16.8 Å². The Morgan fingerprint density at radius 2 is 2.04 bits per heavy atom. The lowest BCUT2D eigenvalue weighted by atomic mass is 10.2. The van der Waals surface area contributed by atoms with Crippen molar-refractivity contribution in [1.82, 2.24) is 9.62 Å². The highest BCUT2D eigenvalue weighted by molar-refractivity contribution is 7.89. The molecule has 0 aromatic heterocycles. The zero-order valence-corrected chi connectivity index (χ0v) is 14.0. The van der Waals surface area contributed by atoms with Gasteiger partial charge in [-0.05, 0) is 24.6 Å². The third-order valence-corrected chi connectivity index (χ3v) is 5.23. The molecule has 1 atom stereocenters. The first-order valence-corrected chi connectivity index (χ1v) is 8.24. The summed E-state index contributed by atoms with van der Waals surface area (Å²) in [6, 6.07) is 4.67. The van der Waals surface area contributed by atoms with Gasteiger partial charge < -0.3 is 11.1 Å². The largest absolute Gasteiger partial charge is 0.405 e. The van der Waals surface area contributed by atoms with Gasteiger partial charge in [0.1, 0.15) is 6.54 Å². The van der Waals surface area contributed by atoms with E-state index in [4.69, 9.17) is 5.73 Å². The highest BCUT2D eigenvalue weighted by Crippen LogP contribution is 2.21. The molecule has 3 N–H and O–H groups in total. The van der Waals surface area contributed by atoms with Crippen LogP contribution in [0.3, 0.4) is 0 Å². The number of sulfonamides is 1. The number of carbonyl (C=O) groups excluding carboxylic acids is 1. The molecule has 0 radical (unpaired) electrons. The SMILES string of the molecule is Cl.N[C@@H]1CCN(S(=O)(=O)c2cccc(C(=O)NCC(F)(F)F)c2)C1. The molecular formula is C13H17ClF3N3O3S. The lowest BCUT2D eigenvalue weighted by Gasteiger charge is -2.16. The molecule has 1 aromatic carbocycles. The van der Waals surface area contributed by atoms with E-state index in [1.807, 2.05) is 0 Å². The second kappa shape index (κ2) is 7.68. The Kier molecular flexibility index (Phi) is 6.62. The number of carbonyl (C=O) groups is 1. The number of rotatable bonds is 4. The molecule has 6 nitrogen and oxygen atoms in total. The van der Waals surface area contributed by atoms with Crippen LogP contribution in [0.15, 0.2) is 29.2 Å². The zero-order valence-electron chi connectivity index (χ0n) is 12.4. The summed E-state index contributed by atoms with van der Waals surface area (Å²) in [6.07, 6.45) is -4.00. The van der Waals surface area contributed by atoms with Crippen LogP contribution in [0.25, 0.3) is 0 Å². The number of hydrogen-bond acceptors (Lipinski definition) is 4. The molecule has 1 aliphatic heterocycles. The van der Waals surface area contributed by atoms with Crippen LogP contribution >= 0.6 is 12.4 Å². The zero-order chi connectivity index (χ0) is 17.3. The third kappa shape index (κ3) is 5.07. The number of hydrogen-bond donors (Lipinski definition) is 2. The molecule has 0 saturated carbocycles. The number of amides is 1. The monoisotopic (exact) mass is 387 g/mol. The summed E-state index contributed by atoms with van der Waals surface area (Å²) in [4.78, 5) is 11.6. The van der Waals surface area contributed by atoms with E-state index in [0.717, 1.165) is 6.07 Å². The first-order chi connectivity index (χ1) is 10.6. The minimum Gasteiger partial charge on any atom is -0.343 e. The van der Waals surface area contributed by atoms with Gasteiger partial charge in [0, 0.05) is 24.7 Å². The minimum absolute atomic E-state index is 0. The number of nitrogens with two attached hydrogens (primary N) is 1. The van der Waals surface area contributed by atoms with Crippen molar-refractivity contribution in [3.05, 3.63) is 29.8 Å². The van der Waals surface area contributed by atoms with Gasteiger partial charge in [-0.2, -0.15) is 17.5 Å². The van der Waals surface area contributed by atoms with Gasteiger partial charge in [0.05, 0.1) is 4.90 Å². The Morgan fingerprint density at radius 3 is 2.58 bits per heavy atom. The van der Waals surface area contributed by atoms with Crippen molar-refractivity contribution in [3.8, 4) is 0 Å². The lowest BCUT2D eigenvalue weighted by molar-refractivity contribution is -0.123. The predicted molar refractivity (Wildman–Crippen MR) is 83.4 cm³/mol. The number of nitrogens with one attached hydrogen (secondary N) is 1. The van der Waals surface area contributed by atoms with Gasteiger partial charge >= 0.3 is 6.18 Å². The van der Waals surface area contributed by atoms with Crippen molar-refractivity contribution in [2.24, 2.45) is 5.73 Å². The molecule has 24 heavy (non-hydrogen) atoms. The fourth-order valence-electron chi connectivity index (χ4n) is 2.20. The maximum absolute atomic E-state index is 12.4. The Bertz CT molecular complexity index is 697. The van der Waals surface area contributed by atoms with Crippen molar-refractivity contribution in [2.45, 2.75) is 23.5 Å². The van der Waals surface area contributed by atoms with Crippen LogP contribution in [0.5, 0.6) is 0 Å². The Hall–Kier alpha value is -1.36. The third-order valence-electron chi connectivity index (χ3n) is 3.37. The van der Waals surface area contributed by atoms with E-state index in [1.165, 1.54) is 22.5 Å². The normalized spacial score (nSPS) is 18.9. The van der Waals surface area contributed by atoms with Crippen LogP contribution in [0.4, 0.5) is 13.2 Å². The quantitative estimate of drug-likeness (QED) is 0.809. The van der Waals surface area contributed by atoms with Gasteiger partial charge in [0.25, 0.3) is 5.91 Å². The molecule has 2 rings (SSSR count). The maximum atomic E-state index is 12.4. The molecule has 1 aromatic rings. The molecule has 136 valence electrons. The first-order valence-electron chi connectivity index (χ1n) is 6.80. The topological polar surface area (TPSA) is 92.5 Å².